The van der Waals surface area contributed by atoms with Gasteiger partial charge in [0.05, 0.1) is 6.26 Å². The lowest BCUT2D eigenvalue weighted by Crippen LogP contribution is -2.06. The minimum Gasteiger partial charge on any atom is -0.464 e. The molecular formula is C14H12ClN3O. The van der Waals surface area contributed by atoms with Crippen LogP contribution in [0, 0.1) is 0 Å². The minimum absolute atomic E-state index is 0.439. The molecule has 0 saturated carbocycles. The van der Waals surface area contributed by atoms with E-state index in [0.717, 1.165) is 29.8 Å². The Balaban J connectivity index is 1.62. The molecule has 0 radical (unpaired) electrons. The molecule has 19 heavy (non-hydrogen) atoms. The standard InChI is InChI=1S/C14H12ClN3O/c15-13-8-14(18-9-17-13)16-5-3-10-1-2-11-4-6-19-12(11)7-10/h1-2,4,6-9H,3,5H2,(H,16,17,18). The van der Waals surface area contributed by atoms with E-state index >= 15 is 0 Å². The number of anilines is 1. The summed E-state index contributed by atoms with van der Waals surface area (Å²) >= 11 is 5.79. The third-order valence-corrected chi connectivity index (χ3v) is 3.08. The van der Waals surface area contributed by atoms with E-state index in [4.69, 9.17) is 16.0 Å². The first kappa shape index (κ1) is 12.0. The van der Waals surface area contributed by atoms with E-state index in [1.165, 1.54) is 11.9 Å². The average Bonchev–Trinajstić information content (AvgIpc) is 2.86. The first-order chi connectivity index (χ1) is 9.31. The Hall–Kier alpha value is -2.07. The maximum absolute atomic E-state index is 5.79. The predicted octanol–water partition coefficient (Wildman–Crippen LogP) is 3.53. The number of nitrogens with one attached hydrogen (secondary N) is 1. The van der Waals surface area contributed by atoms with Gasteiger partial charge in [0.2, 0.25) is 0 Å². The zero-order valence-corrected chi connectivity index (χ0v) is 10.9. The summed E-state index contributed by atoms with van der Waals surface area (Å²) in [5.74, 6) is 0.735. The molecule has 0 aliphatic heterocycles. The Labute approximate surface area is 115 Å². The Morgan fingerprint density at radius 3 is 3.00 bits per heavy atom. The highest BCUT2D eigenvalue weighted by atomic mass is 35.5. The molecule has 2 aromatic heterocycles. The maximum atomic E-state index is 5.79. The SMILES string of the molecule is Clc1cc(NCCc2ccc3ccoc3c2)ncn1. The van der Waals surface area contributed by atoms with E-state index in [1.54, 1.807) is 12.3 Å². The summed E-state index contributed by atoms with van der Waals surface area (Å²) in [6.45, 7) is 0.777. The first-order valence-electron chi connectivity index (χ1n) is 5.99. The molecule has 0 fully saturated rings. The Morgan fingerprint density at radius 1 is 1.16 bits per heavy atom. The Kier molecular flexibility index (Phi) is 3.33. The molecule has 0 aliphatic rings. The van der Waals surface area contributed by atoms with Crippen LogP contribution in [-0.4, -0.2) is 16.5 Å². The zero-order chi connectivity index (χ0) is 13.1. The number of benzene rings is 1. The van der Waals surface area contributed by atoms with Crippen molar-refractivity contribution in [2.24, 2.45) is 0 Å². The fourth-order valence-electron chi connectivity index (χ4n) is 1.92. The molecule has 0 aliphatic carbocycles. The van der Waals surface area contributed by atoms with E-state index in [1.807, 2.05) is 6.07 Å². The summed E-state index contributed by atoms with van der Waals surface area (Å²) in [6.07, 6.45) is 4.04. The van der Waals surface area contributed by atoms with Gasteiger partial charge in [-0.15, -0.1) is 0 Å². The van der Waals surface area contributed by atoms with Crippen molar-refractivity contribution in [3.63, 3.8) is 0 Å². The van der Waals surface area contributed by atoms with Crippen molar-refractivity contribution >= 4 is 28.4 Å². The molecule has 0 unspecified atom stereocenters. The van der Waals surface area contributed by atoms with Crippen LogP contribution >= 0.6 is 11.6 Å². The molecule has 0 bridgehead atoms. The average molecular weight is 274 g/mol. The summed E-state index contributed by atoms with van der Waals surface area (Å²) < 4.78 is 5.38. The second-order valence-electron chi connectivity index (χ2n) is 4.20. The van der Waals surface area contributed by atoms with Gasteiger partial charge in [-0.05, 0) is 24.1 Å². The molecule has 1 N–H and O–H groups in total. The van der Waals surface area contributed by atoms with Gasteiger partial charge in [-0.25, -0.2) is 9.97 Å². The summed E-state index contributed by atoms with van der Waals surface area (Å²) in [6, 6.07) is 9.89. The molecule has 0 atom stereocenters. The van der Waals surface area contributed by atoms with Crippen molar-refractivity contribution in [2.75, 3.05) is 11.9 Å². The van der Waals surface area contributed by atoms with Gasteiger partial charge in [0.25, 0.3) is 0 Å². The lowest BCUT2D eigenvalue weighted by Gasteiger charge is -2.05. The van der Waals surface area contributed by atoms with Crippen molar-refractivity contribution in [1.82, 2.24) is 9.97 Å². The van der Waals surface area contributed by atoms with Gasteiger partial charge in [-0.3, -0.25) is 0 Å². The summed E-state index contributed by atoms with van der Waals surface area (Å²) in [5, 5.41) is 4.77. The fourth-order valence-corrected chi connectivity index (χ4v) is 2.07. The third kappa shape index (κ3) is 2.85. The minimum atomic E-state index is 0.439. The second kappa shape index (κ2) is 5.28. The molecule has 3 aromatic rings. The molecular weight excluding hydrogens is 262 g/mol. The third-order valence-electron chi connectivity index (χ3n) is 2.87. The zero-order valence-electron chi connectivity index (χ0n) is 10.1. The van der Waals surface area contributed by atoms with Gasteiger partial charge in [0.1, 0.15) is 22.9 Å². The first-order valence-corrected chi connectivity index (χ1v) is 6.36. The number of furan rings is 1. The number of halogens is 1. The fraction of sp³-hybridized carbons (Fsp3) is 0.143. The highest BCUT2D eigenvalue weighted by Crippen LogP contribution is 2.17. The van der Waals surface area contributed by atoms with Gasteiger partial charge >= 0.3 is 0 Å². The Bertz CT molecular complexity index is 696. The lowest BCUT2D eigenvalue weighted by molar-refractivity contribution is 0.615. The highest BCUT2D eigenvalue weighted by Gasteiger charge is 2.00. The largest absolute Gasteiger partial charge is 0.464 e. The van der Waals surface area contributed by atoms with Crippen LogP contribution in [-0.2, 0) is 6.42 Å². The van der Waals surface area contributed by atoms with E-state index in [-0.39, 0.29) is 0 Å². The molecule has 4 nitrogen and oxygen atoms in total. The smallest absolute Gasteiger partial charge is 0.134 e. The quantitative estimate of drug-likeness (QED) is 0.739. The number of fused-ring (bicyclic) bond motifs is 1. The van der Waals surface area contributed by atoms with Crippen LogP contribution in [0.15, 0.2) is 47.3 Å². The predicted molar refractivity (Wildman–Crippen MR) is 75.4 cm³/mol. The van der Waals surface area contributed by atoms with Crippen molar-refractivity contribution < 1.29 is 4.42 Å². The van der Waals surface area contributed by atoms with Gasteiger partial charge in [-0.2, -0.15) is 0 Å². The van der Waals surface area contributed by atoms with Crippen LogP contribution in [0.3, 0.4) is 0 Å². The molecule has 0 spiro atoms. The molecule has 1 aromatic carbocycles. The monoisotopic (exact) mass is 273 g/mol. The lowest BCUT2D eigenvalue weighted by atomic mass is 10.1. The van der Waals surface area contributed by atoms with Crippen molar-refractivity contribution in [1.29, 1.82) is 0 Å². The molecule has 0 saturated heterocycles. The number of rotatable bonds is 4. The number of hydrogen-bond acceptors (Lipinski definition) is 4. The van der Waals surface area contributed by atoms with Crippen LogP contribution in [0.5, 0.6) is 0 Å². The van der Waals surface area contributed by atoms with E-state index in [9.17, 15) is 0 Å². The molecule has 5 heteroatoms. The second-order valence-corrected chi connectivity index (χ2v) is 4.58. The summed E-state index contributed by atoms with van der Waals surface area (Å²) in [7, 11) is 0. The van der Waals surface area contributed by atoms with Gasteiger partial charge < -0.3 is 9.73 Å². The van der Waals surface area contributed by atoms with Gasteiger partial charge in [-0.1, -0.05) is 23.7 Å². The number of hydrogen-bond donors (Lipinski definition) is 1. The van der Waals surface area contributed by atoms with Crippen molar-refractivity contribution in [2.45, 2.75) is 6.42 Å². The topological polar surface area (TPSA) is 51.0 Å². The van der Waals surface area contributed by atoms with E-state index in [0.29, 0.717) is 5.15 Å². The van der Waals surface area contributed by atoms with E-state index < -0.39 is 0 Å². The van der Waals surface area contributed by atoms with Crippen molar-refractivity contribution in [3.05, 3.63) is 53.6 Å². The van der Waals surface area contributed by atoms with E-state index in [2.05, 4.69) is 33.5 Å². The number of nitrogens with zero attached hydrogens (tertiary/aromatic N) is 2. The summed E-state index contributed by atoms with van der Waals surface area (Å²) in [5.41, 5.74) is 2.14. The van der Waals surface area contributed by atoms with Crippen LogP contribution in [0.1, 0.15) is 5.56 Å². The van der Waals surface area contributed by atoms with Gasteiger partial charge in [0.15, 0.2) is 0 Å². The molecule has 96 valence electrons. The van der Waals surface area contributed by atoms with Crippen LogP contribution in [0.2, 0.25) is 5.15 Å². The molecule has 2 heterocycles. The number of aromatic nitrogens is 2. The highest BCUT2D eigenvalue weighted by molar-refractivity contribution is 6.29. The molecule has 0 amide bonds. The Morgan fingerprint density at radius 2 is 2.11 bits per heavy atom. The van der Waals surface area contributed by atoms with Crippen LogP contribution in [0.25, 0.3) is 11.0 Å². The van der Waals surface area contributed by atoms with Crippen LogP contribution < -0.4 is 5.32 Å². The maximum Gasteiger partial charge on any atom is 0.134 e. The van der Waals surface area contributed by atoms with Crippen molar-refractivity contribution in [3.8, 4) is 0 Å². The van der Waals surface area contributed by atoms with Gasteiger partial charge in [0, 0.05) is 18.0 Å². The summed E-state index contributed by atoms with van der Waals surface area (Å²) in [4.78, 5) is 7.92. The normalized spacial score (nSPS) is 10.8. The molecule has 3 rings (SSSR count). The van der Waals surface area contributed by atoms with Crippen LogP contribution in [0.4, 0.5) is 5.82 Å².